The average molecular weight is 306 g/mol. The normalized spacial score (nSPS) is 10.5. The Morgan fingerprint density at radius 3 is 2.52 bits per heavy atom. The van der Waals surface area contributed by atoms with E-state index in [0.29, 0.717) is 17.7 Å². The Hall–Kier alpha value is -2.88. The summed E-state index contributed by atoms with van der Waals surface area (Å²) in [5, 5.41) is 0. The van der Waals surface area contributed by atoms with Crippen molar-refractivity contribution < 1.29 is 9.53 Å². The van der Waals surface area contributed by atoms with Crippen LogP contribution >= 0.6 is 0 Å². The molecule has 3 aromatic rings. The van der Waals surface area contributed by atoms with E-state index in [0.717, 1.165) is 17.1 Å². The van der Waals surface area contributed by atoms with Gasteiger partial charge in [0.05, 0.1) is 12.8 Å². The van der Waals surface area contributed by atoms with Gasteiger partial charge in [0, 0.05) is 36.6 Å². The van der Waals surface area contributed by atoms with Crippen molar-refractivity contribution in [1.29, 1.82) is 0 Å². The van der Waals surface area contributed by atoms with Gasteiger partial charge in [-0.15, -0.1) is 0 Å². The minimum absolute atomic E-state index is 0.00224. The summed E-state index contributed by atoms with van der Waals surface area (Å²) in [5.74, 6) is 0.742. The Bertz CT molecular complexity index is 805. The maximum Gasteiger partial charge on any atom is 0.209 e. The third kappa shape index (κ3) is 3.16. The maximum atomic E-state index is 12.7. The molecule has 0 saturated carbocycles. The van der Waals surface area contributed by atoms with E-state index in [2.05, 4.69) is 4.98 Å². The van der Waals surface area contributed by atoms with E-state index in [1.165, 1.54) is 0 Å². The molecule has 116 valence electrons. The molecule has 2 aromatic heterocycles. The molecular formula is C19H18N2O2. The Balaban J connectivity index is 1.84. The lowest BCUT2D eigenvalue weighted by Crippen LogP contribution is -2.09. The van der Waals surface area contributed by atoms with Crippen LogP contribution in [0.1, 0.15) is 27.4 Å². The number of aromatic nitrogens is 2. The van der Waals surface area contributed by atoms with Gasteiger partial charge < -0.3 is 9.30 Å². The summed E-state index contributed by atoms with van der Waals surface area (Å²) in [5.41, 5.74) is 3.36. The number of hydrogen-bond acceptors (Lipinski definition) is 3. The third-order valence-electron chi connectivity index (χ3n) is 3.90. The maximum absolute atomic E-state index is 12.7. The lowest BCUT2D eigenvalue weighted by atomic mass is 10.1. The number of ketones is 1. The largest absolute Gasteiger partial charge is 0.497 e. The third-order valence-corrected chi connectivity index (χ3v) is 3.90. The molecule has 2 heterocycles. The van der Waals surface area contributed by atoms with E-state index in [9.17, 15) is 4.79 Å². The van der Waals surface area contributed by atoms with Gasteiger partial charge in [-0.2, -0.15) is 0 Å². The number of methoxy groups -OCH3 is 1. The highest BCUT2D eigenvalue weighted by molar-refractivity contribution is 6.08. The molecule has 0 unspecified atom stereocenters. The van der Waals surface area contributed by atoms with E-state index in [1.807, 2.05) is 41.9 Å². The van der Waals surface area contributed by atoms with Crippen LogP contribution in [0.3, 0.4) is 0 Å². The molecule has 3 rings (SSSR count). The molecule has 0 aliphatic heterocycles. The van der Waals surface area contributed by atoms with E-state index < -0.39 is 0 Å². The van der Waals surface area contributed by atoms with Gasteiger partial charge in [0.25, 0.3) is 0 Å². The van der Waals surface area contributed by atoms with Gasteiger partial charge in [-0.25, -0.2) is 0 Å². The van der Waals surface area contributed by atoms with Crippen LogP contribution in [-0.2, 0) is 13.5 Å². The number of carbonyl (C=O) groups is 1. The zero-order valence-corrected chi connectivity index (χ0v) is 13.2. The second-order valence-electron chi connectivity index (χ2n) is 5.32. The SMILES string of the molecule is COc1ccc(C(=O)c2ccc(Cc3ccccn3)n2C)cc1. The fraction of sp³-hybridized carbons (Fsp3) is 0.158. The van der Waals surface area contributed by atoms with E-state index >= 15 is 0 Å². The smallest absolute Gasteiger partial charge is 0.209 e. The summed E-state index contributed by atoms with van der Waals surface area (Å²) >= 11 is 0. The Morgan fingerprint density at radius 2 is 1.87 bits per heavy atom. The summed E-state index contributed by atoms with van der Waals surface area (Å²) in [4.78, 5) is 17.0. The molecule has 0 aliphatic carbocycles. The first-order chi connectivity index (χ1) is 11.2. The first-order valence-electron chi connectivity index (χ1n) is 7.42. The number of benzene rings is 1. The molecule has 0 atom stereocenters. The monoisotopic (exact) mass is 306 g/mol. The lowest BCUT2D eigenvalue weighted by Gasteiger charge is -2.08. The fourth-order valence-corrected chi connectivity index (χ4v) is 2.54. The van der Waals surface area contributed by atoms with Crippen LogP contribution in [-0.4, -0.2) is 22.4 Å². The molecule has 0 bridgehead atoms. The fourth-order valence-electron chi connectivity index (χ4n) is 2.54. The highest BCUT2D eigenvalue weighted by Gasteiger charge is 2.15. The van der Waals surface area contributed by atoms with Gasteiger partial charge in [0.2, 0.25) is 5.78 Å². The second kappa shape index (κ2) is 6.48. The predicted molar refractivity (Wildman–Crippen MR) is 88.9 cm³/mol. The molecule has 4 nitrogen and oxygen atoms in total. The minimum Gasteiger partial charge on any atom is -0.497 e. The molecule has 0 fully saturated rings. The molecule has 0 amide bonds. The van der Waals surface area contributed by atoms with Gasteiger partial charge in [-0.3, -0.25) is 9.78 Å². The van der Waals surface area contributed by atoms with Crippen LogP contribution in [0.25, 0.3) is 0 Å². The molecule has 0 saturated heterocycles. The van der Waals surface area contributed by atoms with Gasteiger partial charge >= 0.3 is 0 Å². The molecule has 0 N–H and O–H groups in total. The lowest BCUT2D eigenvalue weighted by molar-refractivity contribution is 0.103. The van der Waals surface area contributed by atoms with E-state index in [4.69, 9.17) is 4.74 Å². The van der Waals surface area contributed by atoms with Crippen LogP contribution in [0.15, 0.2) is 60.8 Å². The Kier molecular flexibility index (Phi) is 4.24. The van der Waals surface area contributed by atoms with Gasteiger partial charge in [0.15, 0.2) is 0 Å². The molecule has 23 heavy (non-hydrogen) atoms. The van der Waals surface area contributed by atoms with Crippen molar-refractivity contribution in [2.75, 3.05) is 7.11 Å². The predicted octanol–water partition coefficient (Wildman–Crippen LogP) is 3.25. The molecule has 1 aromatic carbocycles. The average Bonchev–Trinajstić information content (AvgIpc) is 2.96. The minimum atomic E-state index is 0.00224. The van der Waals surface area contributed by atoms with Crippen molar-refractivity contribution in [2.45, 2.75) is 6.42 Å². The number of carbonyl (C=O) groups excluding carboxylic acids is 1. The number of pyridine rings is 1. The first kappa shape index (κ1) is 15.0. The van der Waals surface area contributed by atoms with Crippen LogP contribution < -0.4 is 4.74 Å². The number of rotatable bonds is 5. The molecular weight excluding hydrogens is 288 g/mol. The van der Waals surface area contributed by atoms with Crippen LogP contribution in [0.5, 0.6) is 5.75 Å². The first-order valence-corrected chi connectivity index (χ1v) is 7.42. The molecule has 0 spiro atoms. The summed E-state index contributed by atoms with van der Waals surface area (Å²) < 4.78 is 7.06. The van der Waals surface area contributed by atoms with Crippen LogP contribution in [0.4, 0.5) is 0 Å². The summed E-state index contributed by atoms with van der Waals surface area (Å²) in [7, 11) is 3.52. The van der Waals surface area contributed by atoms with Gasteiger partial charge in [-0.1, -0.05) is 6.07 Å². The second-order valence-corrected chi connectivity index (χ2v) is 5.32. The van der Waals surface area contributed by atoms with Crippen LogP contribution in [0, 0.1) is 0 Å². The van der Waals surface area contributed by atoms with Crippen molar-refractivity contribution >= 4 is 5.78 Å². The number of hydrogen-bond donors (Lipinski definition) is 0. The Morgan fingerprint density at radius 1 is 1.09 bits per heavy atom. The van der Waals surface area contributed by atoms with Crippen LogP contribution in [0.2, 0.25) is 0 Å². The molecule has 0 aliphatic rings. The summed E-state index contributed by atoms with van der Waals surface area (Å²) in [6.07, 6.45) is 2.48. The molecule has 0 radical (unpaired) electrons. The topological polar surface area (TPSA) is 44.1 Å². The number of nitrogens with zero attached hydrogens (tertiary/aromatic N) is 2. The Labute approximate surface area is 135 Å². The van der Waals surface area contributed by atoms with Crippen molar-refractivity contribution in [1.82, 2.24) is 9.55 Å². The zero-order valence-electron chi connectivity index (χ0n) is 13.2. The van der Waals surface area contributed by atoms with Crippen molar-refractivity contribution in [3.63, 3.8) is 0 Å². The van der Waals surface area contributed by atoms with Crippen molar-refractivity contribution in [3.05, 3.63) is 83.4 Å². The van der Waals surface area contributed by atoms with E-state index in [1.54, 1.807) is 37.6 Å². The quantitative estimate of drug-likeness (QED) is 0.680. The highest BCUT2D eigenvalue weighted by atomic mass is 16.5. The van der Waals surface area contributed by atoms with Gasteiger partial charge in [-0.05, 0) is 48.5 Å². The highest BCUT2D eigenvalue weighted by Crippen LogP contribution is 2.18. The number of ether oxygens (including phenoxy) is 1. The van der Waals surface area contributed by atoms with Gasteiger partial charge in [0.1, 0.15) is 5.75 Å². The molecule has 4 heteroatoms. The summed E-state index contributed by atoms with van der Waals surface area (Å²) in [6.45, 7) is 0. The van der Waals surface area contributed by atoms with Crippen molar-refractivity contribution in [2.24, 2.45) is 7.05 Å². The van der Waals surface area contributed by atoms with E-state index in [-0.39, 0.29) is 5.78 Å². The standard InChI is InChI=1S/C19H18N2O2/c1-21-16(13-15-5-3-4-12-20-15)8-11-18(21)19(22)14-6-9-17(23-2)10-7-14/h3-12H,13H2,1-2H3. The summed E-state index contributed by atoms with van der Waals surface area (Å²) in [6, 6.07) is 16.9. The van der Waals surface area contributed by atoms with Crippen molar-refractivity contribution in [3.8, 4) is 5.75 Å². The zero-order chi connectivity index (χ0) is 16.2.